The molecule has 0 unspecified atom stereocenters. The third kappa shape index (κ3) is 4.10. The van der Waals surface area contributed by atoms with Crippen molar-refractivity contribution in [2.24, 2.45) is 5.92 Å². The van der Waals surface area contributed by atoms with E-state index in [9.17, 15) is 9.59 Å². The number of carboxylic acid groups (broad SMARTS) is 1. The van der Waals surface area contributed by atoms with E-state index in [1.54, 1.807) is 0 Å². The van der Waals surface area contributed by atoms with E-state index >= 15 is 0 Å². The number of carbonyl (C=O) groups excluding carboxylic acids is 1. The molecule has 6 heteroatoms. The highest BCUT2D eigenvalue weighted by Gasteiger charge is 2.31. The Kier molecular flexibility index (Phi) is 4.86. The number of hydrogen-bond donors (Lipinski definition) is 3. The number of nitrogens with one attached hydrogen (secondary N) is 2. The summed E-state index contributed by atoms with van der Waals surface area (Å²) in [5.74, 6) is -0.966. The second kappa shape index (κ2) is 6.43. The molecule has 20 heavy (non-hydrogen) atoms. The van der Waals surface area contributed by atoms with E-state index in [4.69, 9.17) is 9.84 Å². The highest BCUT2D eigenvalue weighted by molar-refractivity contribution is 5.75. The van der Waals surface area contributed by atoms with Crippen LogP contribution in [-0.4, -0.2) is 41.9 Å². The lowest BCUT2D eigenvalue weighted by Gasteiger charge is -2.35. The summed E-state index contributed by atoms with van der Waals surface area (Å²) in [5.41, 5.74) is -0.194. The van der Waals surface area contributed by atoms with Crippen molar-refractivity contribution in [3.05, 3.63) is 0 Å². The number of rotatable bonds is 3. The first-order valence-electron chi connectivity index (χ1n) is 7.38. The van der Waals surface area contributed by atoms with Crippen molar-refractivity contribution >= 4 is 12.0 Å². The minimum Gasteiger partial charge on any atom is -0.481 e. The maximum absolute atomic E-state index is 12.0. The summed E-state index contributed by atoms with van der Waals surface area (Å²) in [6.45, 7) is 3.40. The Morgan fingerprint density at radius 3 is 2.30 bits per heavy atom. The Labute approximate surface area is 119 Å². The quantitative estimate of drug-likeness (QED) is 0.733. The summed E-state index contributed by atoms with van der Waals surface area (Å²) < 4.78 is 5.30. The Bertz CT molecular complexity index is 358. The fourth-order valence-corrected chi connectivity index (χ4v) is 2.93. The molecule has 2 rings (SSSR count). The molecule has 6 nitrogen and oxygen atoms in total. The predicted octanol–water partition coefficient (Wildman–Crippen LogP) is 1.50. The van der Waals surface area contributed by atoms with Crippen LogP contribution in [0.3, 0.4) is 0 Å². The monoisotopic (exact) mass is 284 g/mol. The fraction of sp³-hybridized carbons (Fsp3) is 0.857. The van der Waals surface area contributed by atoms with Gasteiger partial charge in [0.05, 0.1) is 5.92 Å². The molecular formula is C14H24N2O4. The summed E-state index contributed by atoms with van der Waals surface area (Å²) in [6.07, 6.45) is 4.42. The van der Waals surface area contributed by atoms with Crippen LogP contribution in [-0.2, 0) is 9.53 Å². The van der Waals surface area contributed by atoms with Crippen LogP contribution < -0.4 is 10.6 Å². The van der Waals surface area contributed by atoms with Gasteiger partial charge in [-0.2, -0.15) is 0 Å². The van der Waals surface area contributed by atoms with E-state index in [-0.39, 0.29) is 23.5 Å². The third-order valence-electron chi connectivity index (χ3n) is 4.42. The number of hydrogen-bond acceptors (Lipinski definition) is 3. The molecule has 1 aliphatic carbocycles. The topological polar surface area (TPSA) is 87.7 Å². The molecule has 0 atom stereocenters. The van der Waals surface area contributed by atoms with Crippen molar-refractivity contribution < 1.29 is 19.4 Å². The summed E-state index contributed by atoms with van der Waals surface area (Å²) >= 11 is 0. The zero-order valence-electron chi connectivity index (χ0n) is 12.0. The molecule has 0 radical (unpaired) electrons. The van der Waals surface area contributed by atoms with Crippen LogP contribution in [0.1, 0.15) is 45.4 Å². The van der Waals surface area contributed by atoms with Gasteiger partial charge in [0.25, 0.3) is 0 Å². The van der Waals surface area contributed by atoms with Gasteiger partial charge in [0.1, 0.15) is 0 Å². The summed E-state index contributed by atoms with van der Waals surface area (Å²) in [6, 6.07) is -0.0535. The smallest absolute Gasteiger partial charge is 0.315 e. The first kappa shape index (κ1) is 15.1. The molecule has 1 saturated heterocycles. The molecule has 114 valence electrons. The lowest BCUT2D eigenvalue weighted by atomic mass is 9.86. The Hall–Kier alpha value is -1.30. The molecule has 0 aromatic carbocycles. The van der Waals surface area contributed by atoms with Crippen LogP contribution >= 0.6 is 0 Å². The SMILES string of the molecule is CC1(NC(=O)NC2CCC(C(=O)O)CC2)CCOCC1. The van der Waals surface area contributed by atoms with Crippen molar-refractivity contribution in [3.8, 4) is 0 Å². The van der Waals surface area contributed by atoms with Gasteiger partial charge in [0.15, 0.2) is 0 Å². The number of aliphatic carboxylic acids is 1. The lowest BCUT2D eigenvalue weighted by molar-refractivity contribution is -0.142. The molecule has 0 aromatic heterocycles. The number of carbonyl (C=O) groups is 2. The zero-order chi connectivity index (χ0) is 14.6. The van der Waals surface area contributed by atoms with Gasteiger partial charge in [-0.1, -0.05) is 0 Å². The van der Waals surface area contributed by atoms with Crippen LogP contribution in [0.15, 0.2) is 0 Å². The van der Waals surface area contributed by atoms with Gasteiger partial charge in [-0.05, 0) is 45.4 Å². The lowest BCUT2D eigenvalue weighted by Crippen LogP contribution is -2.55. The maximum Gasteiger partial charge on any atom is 0.315 e. The van der Waals surface area contributed by atoms with Gasteiger partial charge in [-0.3, -0.25) is 4.79 Å². The molecule has 2 amide bonds. The van der Waals surface area contributed by atoms with Gasteiger partial charge in [-0.25, -0.2) is 4.79 Å². The summed E-state index contributed by atoms with van der Waals surface area (Å²) in [4.78, 5) is 22.9. The van der Waals surface area contributed by atoms with Crippen molar-refractivity contribution in [2.45, 2.75) is 57.0 Å². The number of carboxylic acids is 1. The van der Waals surface area contributed by atoms with Gasteiger partial charge < -0.3 is 20.5 Å². The largest absolute Gasteiger partial charge is 0.481 e. The number of urea groups is 1. The Morgan fingerprint density at radius 2 is 1.75 bits per heavy atom. The second-order valence-electron chi connectivity index (χ2n) is 6.16. The van der Waals surface area contributed by atoms with Crippen molar-refractivity contribution in [3.63, 3.8) is 0 Å². The van der Waals surface area contributed by atoms with Crippen LogP contribution in [0, 0.1) is 5.92 Å². The van der Waals surface area contributed by atoms with Crippen LogP contribution in [0.25, 0.3) is 0 Å². The molecule has 1 heterocycles. The average molecular weight is 284 g/mol. The van der Waals surface area contributed by atoms with Crippen LogP contribution in [0.4, 0.5) is 4.79 Å². The number of ether oxygens (including phenoxy) is 1. The van der Waals surface area contributed by atoms with Crippen molar-refractivity contribution in [1.82, 2.24) is 10.6 Å². The maximum atomic E-state index is 12.0. The van der Waals surface area contributed by atoms with E-state index in [1.807, 2.05) is 6.92 Å². The molecule has 3 N–H and O–H groups in total. The van der Waals surface area contributed by atoms with Gasteiger partial charge in [-0.15, -0.1) is 0 Å². The molecule has 0 aromatic rings. The molecule has 2 fully saturated rings. The Morgan fingerprint density at radius 1 is 1.15 bits per heavy atom. The van der Waals surface area contributed by atoms with E-state index in [0.717, 1.165) is 25.7 Å². The van der Waals surface area contributed by atoms with E-state index in [2.05, 4.69) is 10.6 Å². The standard InChI is InChI=1S/C14H24N2O4/c1-14(6-8-20-9-7-14)16-13(19)15-11-4-2-10(3-5-11)12(17)18/h10-11H,2-9H2,1H3,(H,17,18)(H2,15,16,19). The van der Waals surface area contributed by atoms with Crippen LogP contribution in [0.2, 0.25) is 0 Å². The van der Waals surface area contributed by atoms with Gasteiger partial charge in [0, 0.05) is 24.8 Å². The highest BCUT2D eigenvalue weighted by atomic mass is 16.5. The van der Waals surface area contributed by atoms with Crippen LogP contribution in [0.5, 0.6) is 0 Å². The average Bonchev–Trinajstić information content (AvgIpc) is 2.39. The first-order chi connectivity index (χ1) is 9.48. The molecule has 2 aliphatic rings. The fourth-order valence-electron chi connectivity index (χ4n) is 2.93. The molecule has 1 aliphatic heterocycles. The normalized spacial score (nSPS) is 29.4. The highest BCUT2D eigenvalue weighted by Crippen LogP contribution is 2.24. The van der Waals surface area contributed by atoms with E-state index in [1.165, 1.54) is 0 Å². The number of amides is 2. The zero-order valence-corrected chi connectivity index (χ0v) is 12.0. The Balaban J connectivity index is 1.74. The minimum atomic E-state index is -0.720. The summed E-state index contributed by atoms with van der Waals surface area (Å²) in [5, 5.41) is 14.9. The summed E-state index contributed by atoms with van der Waals surface area (Å²) in [7, 11) is 0. The molecule has 0 spiro atoms. The van der Waals surface area contributed by atoms with Crippen molar-refractivity contribution in [2.75, 3.05) is 13.2 Å². The van der Waals surface area contributed by atoms with Gasteiger partial charge in [0.2, 0.25) is 0 Å². The first-order valence-corrected chi connectivity index (χ1v) is 7.38. The van der Waals surface area contributed by atoms with Crippen molar-refractivity contribution in [1.29, 1.82) is 0 Å². The predicted molar refractivity (Wildman–Crippen MR) is 73.5 cm³/mol. The van der Waals surface area contributed by atoms with Gasteiger partial charge >= 0.3 is 12.0 Å². The molecule has 0 bridgehead atoms. The van der Waals surface area contributed by atoms with E-state index < -0.39 is 5.97 Å². The minimum absolute atomic E-state index is 0.0917. The second-order valence-corrected chi connectivity index (χ2v) is 6.16. The molecule has 1 saturated carbocycles. The third-order valence-corrected chi connectivity index (χ3v) is 4.42. The molecular weight excluding hydrogens is 260 g/mol. The van der Waals surface area contributed by atoms with E-state index in [0.29, 0.717) is 26.1 Å².